The third-order valence-corrected chi connectivity index (χ3v) is 15.2. The number of thiophene rings is 1. The average molecular weight is 887 g/mol. The summed E-state index contributed by atoms with van der Waals surface area (Å²) in [5, 5.41) is 5.94. The molecule has 2 N–H and O–H groups in total. The zero-order chi connectivity index (χ0) is 43.9. The van der Waals surface area contributed by atoms with Crippen LogP contribution in [0.3, 0.4) is 0 Å². The van der Waals surface area contributed by atoms with Crippen molar-refractivity contribution >= 4 is 70.3 Å². The summed E-state index contributed by atoms with van der Waals surface area (Å²) in [5.41, 5.74) is -0.329. The Morgan fingerprint density at radius 1 is 1.00 bits per heavy atom. The molecule has 4 aromatic rings. The number of benzene rings is 2. The Balaban J connectivity index is 0.996. The number of carbonyl (C=O) groups excluding carboxylic acids is 6. The van der Waals surface area contributed by atoms with Crippen molar-refractivity contribution in [2.24, 2.45) is 0 Å². The van der Waals surface area contributed by atoms with Crippen LogP contribution in [-0.4, -0.2) is 86.7 Å². The predicted molar refractivity (Wildman–Crippen MR) is 228 cm³/mol. The number of rotatable bonds is 13. The first-order valence-electron chi connectivity index (χ1n) is 21.0. The van der Waals surface area contributed by atoms with E-state index in [4.69, 9.17) is 9.26 Å². The second kappa shape index (κ2) is 17.3. The molecule has 8 rings (SSSR count). The lowest BCUT2D eigenvalue weighted by atomic mass is 9.99. The number of aromatic nitrogens is 1. The lowest BCUT2D eigenvalue weighted by Crippen LogP contribution is -2.58. The fraction of sp³-hybridized carbons (Fsp3) is 0.432. The Kier molecular flexibility index (Phi) is 12.1. The molecule has 4 aliphatic rings. The van der Waals surface area contributed by atoms with E-state index < -0.39 is 72.7 Å². The average Bonchev–Trinajstić information content (AvgIpc) is 3.66. The second-order valence-electron chi connectivity index (χ2n) is 16.4. The highest BCUT2D eigenvalue weighted by atomic mass is 32.1. The van der Waals surface area contributed by atoms with Gasteiger partial charge in [-0.15, -0.1) is 11.3 Å². The van der Waals surface area contributed by atoms with Gasteiger partial charge in [0.15, 0.2) is 0 Å². The molecule has 2 aromatic carbocycles. The molecule has 2 aromatic heterocycles. The van der Waals surface area contributed by atoms with Crippen LogP contribution < -0.4 is 19.8 Å². The molecular formula is C44H48FN6O9PS. The van der Waals surface area contributed by atoms with Crippen LogP contribution in [0.1, 0.15) is 98.5 Å². The fourth-order valence-electron chi connectivity index (χ4n) is 8.59. The quantitative estimate of drug-likeness (QED) is 0.0778. The molecule has 326 valence electrons. The molecular weight excluding hydrogens is 839 g/mol. The Morgan fingerprint density at radius 3 is 2.47 bits per heavy atom. The number of aryl methyl sites for hydroxylation is 1. The summed E-state index contributed by atoms with van der Waals surface area (Å²) in [6.45, 7) is 5.17. The second-order valence-corrected chi connectivity index (χ2v) is 19.5. The highest BCUT2D eigenvalue weighted by Gasteiger charge is 2.68. The molecule has 6 atom stereocenters. The summed E-state index contributed by atoms with van der Waals surface area (Å²) in [6.07, 6.45) is 5.89. The molecule has 6 amide bonds. The molecule has 1 unspecified atom stereocenters. The van der Waals surface area contributed by atoms with Crippen molar-refractivity contribution in [3.05, 3.63) is 89.1 Å². The number of urea groups is 1. The van der Waals surface area contributed by atoms with Gasteiger partial charge in [-0.2, -0.15) is 0 Å². The lowest BCUT2D eigenvalue weighted by Gasteiger charge is -2.36. The first-order chi connectivity index (χ1) is 29.7. The van der Waals surface area contributed by atoms with Gasteiger partial charge in [0, 0.05) is 16.4 Å². The minimum atomic E-state index is -4.49. The zero-order valence-corrected chi connectivity index (χ0v) is 36.3. The van der Waals surface area contributed by atoms with Gasteiger partial charge in [0.2, 0.25) is 11.8 Å². The van der Waals surface area contributed by atoms with E-state index in [1.54, 1.807) is 49.4 Å². The normalized spacial score (nSPS) is 22.7. The number of esters is 1. The number of pyridine rings is 1. The highest BCUT2D eigenvalue weighted by Crippen LogP contribution is 2.58. The number of fused-ring (bicyclic) bond motifs is 2. The highest BCUT2D eigenvalue weighted by molar-refractivity contribution is 7.57. The zero-order valence-electron chi connectivity index (χ0n) is 34.6. The van der Waals surface area contributed by atoms with Crippen molar-refractivity contribution in [3.8, 4) is 5.75 Å². The molecule has 5 heterocycles. The van der Waals surface area contributed by atoms with E-state index >= 15 is 4.39 Å². The van der Waals surface area contributed by atoms with Crippen molar-refractivity contribution in [2.45, 2.75) is 114 Å². The van der Waals surface area contributed by atoms with Gasteiger partial charge in [-0.25, -0.2) is 24.1 Å². The van der Waals surface area contributed by atoms with Gasteiger partial charge in [-0.1, -0.05) is 44.0 Å². The van der Waals surface area contributed by atoms with E-state index in [1.807, 2.05) is 6.92 Å². The van der Waals surface area contributed by atoms with E-state index in [0.29, 0.717) is 67.1 Å². The van der Waals surface area contributed by atoms with E-state index in [1.165, 1.54) is 42.3 Å². The molecule has 1 saturated carbocycles. The van der Waals surface area contributed by atoms with Crippen LogP contribution in [0.4, 0.5) is 14.9 Å². The third-order valence-electron chi connectivity index (χ3n) is 11.9. The molecule has 62 heavy (non-hydrogen) atoms. The maximum Gasteiger partial charge on any atom is 0.355 e. The van der Waals surface area contributed by atoms with Crippen molar-refractivity contribution in [2.75, 3.05) is 11.5 Å². The molecule has 1 aliphatic carbocycles. The number of anilines is 1. The van der Waals surface area contributed by atoms with Gasteiger partial charge in [0.1, 0.15) is 29.4 Å². The van der Waals surface area contributed by atoms with E-state index in [-0.39, 0.29) is 34.5 Å². The number of amides is 6. The van der Waals surface area contributed by atoms with Crippen LogP contribution in [0, 0.1) is 6.92 Å². The van der Waals surface area contributed by atoms with Crippen molar-refractivity contribution in [3.63, 3.8) is 0 Å². The van der Waals surface area contributed by atoms with Gasteiger partial charge < -0.3 is 19.5 Å². The molecule has 3 saturated heterocycles. The van der Waals surface area contributed by atoms with Crippen molar-refractivity contribution < 1.29 is 47.0 Å². The van der Waals surface area contributed by atoms with Gasteiger partial charge in [-0.3, -0.25) is 33.5 Å². The van der Waals surface area contributed by atoms with E-state index in [9.17, 15) is 33.3 Å². The number of ether oxygens (including phenoxy) is 1. The van der Waals surface area contributed by atoms with E-state index in [0.717, 1.165) is 27.6 Å². The van der Waals surface area contributed by atoms with Crippen molar-refractivity contribution in [1.29, 1.82) is 0 Å². The summed E-state index contributed by atoms with van der Waals surface area (Å²) in [6, 6.07) is 13.2. The van der Waals surface area contributed by atoms with Crippen LogP contribution in [0.2, 0.25) is 0 Å². The van der Waals surface area contributed by atoms with Crippen LogP contribution in [-0.2, 0) is 28.5 Å². The Hall–Kier alpha value is -5.51. The topological polar surface area (TPSA) is 185 Å². The number of nitrogens with one attached hydrogen (secondary N) is 2. The summed E-state index contributed by atoms with van der Waals surface area (Å²) in [5.74, 6) is -4.87. The maximum atomic E-state index is 16.6. The number of nitrogens with zero attached hydrogens (tertiary/aromatic N) is 4. The van der Waals surface area contributed by atoms with Crippen molar-refractivity contribution in [1.82, 2.24) is 25.2 Å². The number of carbonyl (C=O) groups is 6. The van der Waals surface area contributed by atoms with Crippen LogP contribution >= 0.6 is 18.9 Å². The van der Waals surface area contributed by atoms with Gasteiger partial charge >= 0.3 is 19.5 Å². The number of para-hydroxylation sites is 1. The largest absolute Gasteiger partial charge is 0.465 e. The fourth-order valence-corrected chi connectivity index (χ4v) is 11.4. The van der Waals surface area contributed by atoms with Crippen LogP contribution in [0.25, 0.3) is 10.1 Å². The molecule has 4 fully saturated rings. The monoisotopic (exact) mass is 886 g/mol. The van der Waals surface area contributed by atoms with Crippen LogP contribution in [0.5, 0.6) is 5.75 Å². The maximum absolute atomic E-state index is 16.6. The molecule has 0 radical (unpaired) electrons. The molecule has 0 bridgehead atoms. The smallest absolute Gasteiger partial charge is 0.355 e. The summed E-state index contributed by atoms with van der Waals surface area (Å²) < 4.78 is 42.4. The molecule has 15 nitrogen and oxygen atoms in total. The Morgan fingerprint density at radius 2 is 1.76 bits per heavy atom. The standard InChI is InChI=1S/C44H48FN6O9PS/c1-4-22-59-41(55)27(3)48-61(58,60-32-11-6-5-7-12-32)37(45)28-15-19-35-29(23-28)24-36(62-35)38(52)47-33-13-9-8-10-30-17-18-34(49(30)39(33)53)40(54)51-43(57)50(42(56)44(51)20-21-44)31-16-14-26(2)46-25-31/h5-7,11-12,14-16,19,23-25,27,30,33-34,37H,4,8-10,13,17-18,20-22H2,1-3H3,(H,47,52)(H,48,58)/t27-,30-,33-,34-,37+,61?/m0/s1. The summed E-state index contributed by atoms with van der Waals surface area (Å²) in [4.78, 5) is 91.1. The lowest BCUT2D eigenvalue weighted by molar-refractivity contribution is -0.147. The first kappa shape index (κ1) is 43.2. The SMILES string of the molecule is CCCOC(=O)[C@H](C)NP(=O)(Oc1ccccc1)[C@@H](F)c1ccc2sc(C(=O)N[C@H]3CCCC[C@H]4CC[C@@H](C(=O)N5C(=O)N(c6ccc(C)nc6)C(=O)C56CC6)N4C3=O)cc2c1. The first-order valence-corrected chi connectivity index (χ1v) is 23.5. The summed E-state index contributed by atoms with van der Waals surface area (Å²) in [7, 11) is -4.49. The van der Waals surface area contributed by atoms with E-state index in [2.05, 4.69) is 15.4 Å². The number of halogens is 1. The number of hydrogen-bond acceptors (Lipinski definition) is 11. The minimum Gasteiger partial charge on any atom is -0.465 e. The molecule has 1 spiro atoms. The number of alkyl halides is 1. The van der Waals surface area contributed by atoms with Gasteiger partial charge in [0.25, 0.3) is 17.7 Å². The van der Waals surface area contributed by atoms with Crippen LogP contribution in [0.15, 0.2) is 72.9 Å². The Labute approximate surface area is 361 Å². The van der Waals surface area contributed by atoms with Gasteiger partial charge in [-0.05, 0) is 112 Å². The Bertz CT molecular complexity index is 2460. The summed E-state index contributed by atoms with van der Waals surface area (Å²) >= 11 is 1.13. The predicted octanol–water partition coefficient (Wildman–Crippen LogP) is 7.34. The number of imide groups is 2. The van der Waals surface area contributed by atoms with Gasteiger partial charge in [0.05, 0.1) is 23.4 Å². The number of hydrogen-bond donors (Lipinski definition) is 2. The molecule has 3 aliphatic heterocycles. The third kappa shape index (κ3) is 8.13. The molecule has 18 heteroatoms. The minimum absolute atomic E-state index is 0.0149.